The summed E-state index contributed by atoms with van der Waals surface area (Å²) in [6.45, 7) is 4.70. The molecule has 0 unspecified atom stereocenters. The summed E-state index contributed by atoms with van der Waals surface area (Å²) in [5, 5.41) is 13.6. The topological polar surface area (TPSA) is 111 Å². The molecule has 198 valence electrons. The van der Waals surface area contributed by atoms with Crippen molar-refractivity contribution in [3.63, 3.8) is 0 Å². The summed E-state index contributed by atoms with van der Waals surface area (Å²) >= 11 is 0. The maximum Gasteiger partial charge on any atom is 0.336 e. The van der Waals surface area contributed by atoms with Gasteiger partial charge in [0.2, 0.25) is 0 Å². The van der Waals surface area contributed by atoms with Gasteiger partial charge in [-0.2, -0.15) is 0 Å². The second kappa shape index (κ2) is 9.58. The molecule has 0 spiro atoms. The number of methoxy groups -OCH3 is 1. The molecule has 2 N–H and O–H groups in total. The fraction of sp³-hybridized carbons (Fsp3) is 0.267. The van der Waals surface area contributed by atoms with E-state index in [0.29, 0.717) is 23.0 Å². The third-order valence-corrected chi connectivity index (χ3v) is 7.35. The van der Waals surface area contributed by atoms with Gasteiger partial charge in [0, 0.05) is 23.6 Å². The molecule has 0 aliphatic heterocycles. The number of benzene rings is 1. The molecular weight excluding hydrogens is 494 g/mol. The second-order valence-corrected chi connectivity index (χ2v) is 10.1. The van der Waals surface area contributed by atoms with Gasteiger partial charge in [-0.05, 0) is 69.0 Å². The van der Waals surface area contributed by atoms with Crippen molar-refractivity contribution in [1.29, 1.82) is 0 Å². The molecule has 39 heavy (non-hydrogen) atoms. The molecule has 1 amide bonds. The van der Waals surface area contributed by atoms with Crippen LogP contribution in [0.5, 0.6) is 5.88 Å². The molecule has 4 aromatic heterocycles. The number of fused-ring (bicyclic) bond motifs is 2. The summed E-state index contributed by atoms with van der Waals surface area (Å²) in [4.78, 5) is 34.3. The molecule has 9 nitrogen and oxygen atoms in total. The molecule has 5 aromatic rings. The van der Waals surface area contributed by atoms with Crippen LogP contribution in [0.4, 0.5) is 0 Å². The van der Waals surface area contributed by atoms with E-state index in [1.54, 1.807) is 18.2 Å². The lowest BCUT2D eigenvalue weighted by Gasteiger charge is -2.15. The Kier molecular flexibility index (Phi) is 6.06. The van der Waals surface area contributed by atoms with Crippen LogP contribution in [0.3, 0.4) is 0 Å². The van der Waals surface area contributed by atoms with Gasteiger partial charge >= 0.3 is 5.97 Å². The van der Waals surface area contributed by atoms with Crippen LogP contribution in [-0.4, -0.2) is 43.0 Å². The molecule has 0 bridgehead atoms. The van der Waals surface area contributed by atoms with Crippen LogP contribution in [0, 0.1) is 12.8 Å². The molecular formula is C30H29N5O4. The van der Waals surface area contributed by atoms with Gasteiger partial charge in [0.1, 0.15) is 17.0 Å². The van der Waals surface area contributed by atoms with Crippen molar-refractivity contribution < 1.29 is 19.4 Å². The van der Waals surface area contributed by atoms with Gasteiger partial charge < -0.3 is 19.7 Å². The van der Waals surface area contributed by atoms with Gasteiger partial charge in [-0.15, -0.1) is 0 Å². The Labute approximate surface area is 225 Å². The Morgan fingerprint density at radius 1 is 1.08 bits per heavy atom. The van der Waals surface area contributed by atoms with E-state index in [0.717, 1.165) is 40.4 Å². The lowest BCUT2D eigenvalue weighted by atomic mass is 10.1. The number of ether oxygens (including phenoxy) is 1. The Morgan fingerprint density at radius 2 is 1.85 bits per heavy atom. The molecule has 6 rings (SSSR count). The monoisotopic (exact) mass is 523 g/mol. The van der Waals surface area contributed by atoms with Crippen LogP contribution in [0.1, 0.15) is 57.9 Å². The number of hydrogen-bond donors (Lipinski definition) is 2. The average Bonchev–Trinajstić information content (AvgIpc) is 3.61. The Hall–Kier alpha value is -4.66. The molecule has 1 saturated carbocycles. The van der Waals surface area contributed by atoms with E-state index in [4.69, 9.17) is 14.7 Å². The van der Waals surface area contributed by atoms with Crippen LogP contribution in [0.15, 0.2) is 60.7 Å². The number of aromatic carboxylic acids is 1. The van der Waals surface area contributed by atoms with E-state index in [9.17, 15) is 14.7 Å². The van der Waals surface area contributed by atoms with Crippen LogP contribution in [0.2, 0.25) is 0 Å². The molecule has 1 aromatic carbocycles. The third kappa shape index (κ3) is 4.50. The van der Waals surface area contributed by atoms with E-state index >= 15 is 0 Å². The number of aromatic nitrogens is 4. The first-order chi connectivity index (χ1) is 18.8. The van der Waals surface area contributed by atoms with Gasteiger partial charge in [0.05, 0.1) is 35.8 Å². The predicted octanol–water partition coefficient (Wildman–Crippen LogP) is 5.27. The minimum atomic E-state index is -1.04. The van der Waals surface area contributed by atoms with E-state index in [1.807, 2.05) is 48.6 Å². The number of aryl methyl sites for hydroxylation is 1. The molecule has 1 aliphatic rings. The summed E-state index contributed by atoms with van der Waals surface area (Å²) in [6.07, 6.45) is 2.34. The summed E-state index contributed by atoms with van der Waals surface area (Å²) in [6, 6.07) is 18.0. The van der Waals surface area contributed by atoms with E-state index in [-0.39, 0.29) is 17.5 Å². The Morgan fingerprint density at radius 3 is 2.54 bits per heavy atom. The first-order valence-electron chi connectivity index (χ1n) is 13.0. The van der Waals surface area contributed by atoms with Crippen molar-refractivity contribution in [3.05, 3.63) is 83.2 Å². The van der Waals surface area contributed by atoms with Crippen molar-refractivity contribution >= 4 is 28.6 Å². The molecule has 1 aliphatic carbocycles. The zero-order chi connectivity index (χ0) is 27.3. The van der Waals surface area contributed by atoms with Crippen LogP contribution in [0.25, 0.3) is 28.1 Å². The number of hydrogen-bond acceptors (Lipinski definition) is 5. The minimum absolute atomic E-state index is 0.118. The van der Waals surface area contributed by atoms with Crippen molar-refractivity contribution in [3.8, 4) is 17.3 Å². The van der Waals surface area contributed by atoms with Crippen LogP contribution < -0.4 is 10.1 Å². The second-order valence-electron chi connectivity index (χ2n) is 10.1. The highest BCUT2D eigenvalue weighted by atomic mass is 16.5. The summed E-state index contributed by atoms with van der Waals surface area (Å²) in [5.41, 5.74) is 5.36. The highest BCUT2D eigenvalue weighted by Crippen LogP contribution is 2.37. The largest absolute Gasteiger partial charge is 0.482 e. The SMILES string of the molecule is COc1cc(C(=O)O)cc2nc(-c3cc4ccc([C@@H](C)NC(=O)c5ccccc5)nc4n3CC3CC3)c(C)n12. The number of nitrogens with zero attached hydrogens (tertiary/aromatic N) is 4. The number of rotatable bonds is 8. The number of carboxylic acid groups (broad SMARTS) is 1. The Bertz CT molecular complexity index is 1730. The molecule has 1 atom stereocenters. The first kappa shape index (κ1) is 24.7. The zero-order valence-electron chi connectivity index (χ0n) is 22.0. The molecule has 0 saturated heterocycles. The number of pyridine rings is 2. The van der Waals surface area contributed by atoms with E-state index in [1.165, 1.54) is 26.0 Å². The quantitative estimate of drug-likeness (QED) is 0.287. The zero-order valence-corrected chi connectivity index (χ0v) is 22.0. The van der Waals surface area contributed by atoms with E-state index < -0.39 is 5.97 Å². The minimum Gasteiger partial charge on any atom is -0.482 e. The summed E-state index contributed by atoms with van der Waals surface area (Å²) < 4.78 is 9.57. The molecule has 1 fully saturated rings. The van der Waals surface area contributed by atoms with Gasteiger partial charge in [0.15, 0.2) is 5.88 Å². The maximum absolute atomic E-state index is 12.7. The third-order valence-electron chi connectivity index (χ3n) is 7.35. The number of carboxylic acids is 1. The number of nitrogens with one attached hydrogen (secondary N) is 1. The number of carbonyl (C=O) groups is 2. The summed E-state index contributed by atoms with van der Waals surface area (Å²) in [5.74, 6) is -0.194. The molecule has 4 heterocycles. The highest BCUT2D eigenvalue weighted by molar-refractivity contribution is 5.94. The molecule has 0 radical (unpaired) electrons. The molecule has 9 heteroatoms. The van der Waals surface area contributed by atoms with Crippen LogP contribution >= 0.6 is 0 Å². The number of imidazole rings is 1. The number of carbonyl (C=O) groups excluding carboxylic acids is 1. The first-order valence-corrected chi connectivity index (χ1v) is 13.0. The van der Waals surface area contributed by atoms with E-state index in [2.05, 4.69) is 16.0 Å². The fourth-order valence-corrected chi connectivity index (χ4v) is 5.06. The number of amides is 1. The van der Waals surface area contributed by atoms with Crippen molar-refractivity contribution in [2.75, 3.05) is 7.11 Å². The van der Waals surface area contributed by atoms with Gasteiger partial charge in [-0.3, -0.25) is 9.20 Å². The smallest absolute Gasteiger partial charge is 0.336 e. The van der Waals surface area contributed by atoms with Crippen molar-refractivity contribution in [1.82, 2.24) is 24.3 Å². The Balaban J connectivity index is 1.43. The van der Waals surface area contributed by atoms with Crippen molar-refractivity contribution in [2.45, 2.75) is 39.3 Å². The predicted molar refractivity (Wildman–Crippen MR) is 147 cm³/mol. The van der Waals surface area contributed by atoms with Gasteiger partial charge in [-0.1, -0.05) is 18.2 Å². The standard InChI is InChI=1S/C30H29N5O4/c1-17(31-29(36)20-7-5-4-6-8-20)23-12-11-21-13-24(34(28(21)32-23)16-19-9-10-19)27-18(2)35-25(33-27)14-22(30(37)38)15-26(35)39-3/h4-8,11-15,17,19H,9-10,16H2,1-3H3,(H,31,36)(H,37,38)/t17-/m1/s1. The van der Waals surface area contributed by atoms with Crippen LogP contribution in [-0.2, 0) is 6.54 Å². The lowest BCUT2D eigenvalue weighted by molar-refractivity contribution is 0.0696. The van der Waals surface area contributed by atoms with Gasteiger partial charge in [-0.25, -0.2) is 14.8 Å². The lowest BCUT2D eigenvalue weighted by Crippen LogP contribution is -2.27. The normalized spacial score (nSPS) is 14.0. The van der Waals surface area contributed by atoms with Gasteiger partial charge in [0.25, 0.3) is 5.91 Å². The maximum atomic E-state index is 12.7. The highest BCUT2D eigenvalue weighted by Gasteiger charge is 2.27. The summed E-state index contributed by atoms with van der Waals surface area (Å²) in [7, 11) is 1.52. The fourth-order valence-electron chi connectivity index (χ4n) is 5.06. The average molecular weight is 524 g/mol. The van der Waals surface area contributed by atoms with Crippen molar-refractivity contribution in [2.24, 2.45) is 5.92 Å².